The summed E-state index contributed by atoms with van der Waals surface area (Å²) < 4.78 is 32.9. The highest BCUT2D eigenvalue weighted by atomic mass is 127. The second-order valence-electron chi connectivity index (χ2n) is 5.59. The van der Waals surface area contributed by atoms with E-state index in [1.54, 1.807) is 0 Å². The average molecular weight is 499 g/mol. The second-order valence-corrected chi connectivity index (χ2v) is 7.85. The van der Waals surface area contributed by atoms with Gasteiger partial charge in [-0.3, -0.25) is 4.99 Å². The molecule has 0 radical (unpaired) electrons. The largest absolute Gasteiger partial charge is 0.492 e. The van der Waals surface area contributed by atoms with Crippen LogP contribution in [0, 0.1) is 6.92 Å². The van der Waals surface area contributed by atoms with Gasteiger partial charge in [-0.2, -0.15) is 0 Å². The first-order valence-electron chi connectivity index (χ1n) is 8.38. The Morgan fingerprint density at radius 2 is 1.81 bits per heavy atom. The average Bonchev–Trinajstić information content (AvgIpc) is 2.55. The number of nitrogens with one attached hydrogen (secondary N) is 2. The molecule has 0 spiro atoms. The van der Waals surface area contributed by atoms with E-state index in [-0.39, 0.29) is 36.3 Å². The zero-order valence-corrected chi connectivity index (χ0v) is 18.8. The molecule has 0 aliphatic carbocycles. The van der Waals surface area contributed by atoms with Crippen molar-refractivity contribution in [3.8, 4) is 5.75 Å². The maximum Gasteiger partial charge on any atom is 0.191 e. The number of rotatable bonds is 11. The standard InChI is InChI=1S/C17H29N3O4S.HI/c1-4-18-17(19-9-11-23-13-14-25(3,21)22)20-10-12-24-16-7-5-15(2)6-8-16;/h5-8H,4,9-14H2,1-3H3,(H2,18,19,20);1H. The Morgan fingerprint density at radius 1 is 1.12 bits per heavy atom. The lowest BCUT2D eigenvalue weighted by molar-refractivity contribution is 0.157. The summed E-state index contributed by atoms with van der Waals surface area (Å²) in [4.78, 5) is 4.37. The third-order valence-corrected chi connectivity index (χ3v) is 4.04. The van der Waals surface area contributed by atoms with Gasteiger partial charge in [0.05, 0.1) is 32.1 Å². The lowest BCUT2D eigenvalue weighted by atomic mass is 10.2. The number of aliphatic imine (C=N–C) groups is 1. The van der Waals surface area contributed by atoms with Gasteiger partial charge in [0.25, 0.3) is 0 Å². The molecule has 0 amide bonds. The van der Waals surface area contributed by atoms with Crippen LogP contribution in [0.5, 0.6) is 5.75 Å². The molecular weight excluding hydrogens is 469 g/mol. The van der Waals surface area contributed by atoms with Crippen molar-refractivity contribution >= 4 is 39.8 Å². The molecule has 1 aromatic carbocycles. The topological polar surface area (TPSA) is 89.0 Å². The summed E-state index contributed by atoms with van der Waals surface area (Å²) in [7, 11) is -2.98. The van der Waals surface area contributed by atoms with Crippen molar-refractivity contribution in [2.45, 2.75) is 13.8 Å². The van der Waals surface area contributed by atoms with Gasteiger partial charge in [0.15, 0.2) is 5.96 Å². The molecule has 0 aromatic heterocycles. The molecule has 0 fully saturated rings. The predicted molar refractivity (Wildman–Crippen MR) is 117 cm³/mol. The van der Waals surface area contributed by atoms with Crippen LogP contribution in [0.3, 0.4) is 0 Å². The quantitative estimate of drug-likeness (QED) is 0.208. The fraction of sp³-hybridized carbons (Fsp3) is 0.588. The number of aryl methyl sites for hydroxylation is 1. The molecule has 0 saturated heterocycles. The Balaban J connectivity index is 0.00000625. The first-order chi connectivity index (χ1) is 11.9. The first kappa shape index (κ1) is 24.9. The van der Waals surface area contributed by atoms with E-state index in [0.717, 1.165) is 12.3 Å². The summed E-state index contributed by atoms with van der Waals surface area (Å²) in [6, 6.07) is 7.92. The van der Waals surface area contributed by atoms with Crippen molar-refractivity contribution in [1.82, 2.24) is 10.6 Å². The molecule has 7 nitrogen and oxygen atoms in total. The number of halogens is 1. The van der Waals surface area contributed by atoms with Crippen LogP contribution in [0.1, 0.15) is 12.5 Å². The summed E-state index contributed by atoms with van der Waals surface area (Å²) in [5, 5.41) is 6.32. The second kappa shape index (κ2) is 14.0. The van der Waals surface area contributed by atoms with Gasteiger partial charge >= 0.3 is 0 Å². The molecule has 0 aliphatic heterocycles. The molecule has 0 heterocycles. The van der Waals surface area contributed by atoms with Crippen LogP contribution in [0.2, 0.25) is 0 Å². The van der Waals surface area contributed by atoms with Crippen molar-refractivity contribution in [2.75, 3.05) is 51.5 Å². The Hall–Kier alpha value is -1.07. The van der Waals surface area contributed by atoms with Gasteiger partial charge in [0.1, 0.15) is 22.2 Å². The zero-order valence-electron chi connectivity index (χ0n) is 15.7. The minimum absolute atomic E-state index is 0. The number of nitrogens with zero attached hydrogens (tertiary/aromatic N) is 1. The van der Waals surface area contributed by atoms with E-state index in [9.17, 15) is 8.42 Å². The van der Waals surface area contributed by atoms with Gasteiger partial charge in [0.2, 0.25) is 0 Å². The highest BCUT2D eigenvalue weighted by molar-refractivity contribution is 14.0. The molecule has 1 aromatic rings. The van der Waals surface area contributed by atoms with E-state index in [2.05, 4.69) is 15.6 Å². The van der Waals surface area contributed by atoms with Crippen molar-refractivity contribution < 1.29 is 17.9 Å². The minimum Gasteiger partial charge on any atom is -0.492 e. The number of ether oxygens (including phenoxy) is 2. The van der Waals surface area contributed by atoms with Crippen LogP contribution in [0.15, 0.2) is 29.3 Å². The summed E-state index contributed by atoms with van der Waals surface area (Å²) in [6.07, 6.45) is 1.19. The van der Waals surface area contributed by atoms with Gasteiger partial charge in [-0.05, 0) is 26.0 Å². The van der Waals surface area contributed by atoms with E-state index in [4.69, 9.17) is 9.47 Å². The number of hydrogen-bond acceptors (Lipinski definition) is 5. The Bertz CT molecular complexity index is 621. The Morgan fingerprint density at radius 3 is 2.42 bits per heavy atom. The third-order valence-electron chi connectivity index (χ3n) is 3.13. The van der Waals surface area contributed by atoms with E-state index < -0.39 is 9.84 Å². The van der Waals surface area contributed by atoms with Crippen LogP contribution in [0.4, 0.5) is 0 Å². The first-order valence-corrected chi connectivity index (χ1v) is 10.4. The van der Waals surface area contributed by atoms with E-state index in [1.165, 1.54) is 11.8 Å². The van der Waals surface area contributed by atoms with Gasteiger partial charge in [0, 0.05) is 12.8 Å². The Labute approximate surface area is 173 Å². The molecule has 0 unspecified atom stereocenters. The molecule has 0 bridgehead atoms. The van der Waals surface area contributed by atoms with Crippen molar-refractivity contribution in [1.29, 1.82) is 0 Å². The summed E-state index contributed by atoms with van der Waals surface area (Å²) in [5.74, 6) is 1.56. The van der Waals surface area contributed by atoms with Crippen molar-refractivity contribution in [3.05, 3.63) is 29.8 Å². The van der Waals surface area contributed by atoms with Crippen molar-refractivity contribution in [2.24, 2.45) is 4.99 Å². The SMILES string of the molecule is CCNC(=NCCOCCS(C)(=O)=O)NCCOc1ccc(C)cc1.I. The lowest BCUT2D eigenvalue weighted by Gasteiger charge is -2.12. The normalized spacial score (nSPS) is 11.6. The molecule has 1 rings (SSSR count). The van der Waals surface area contributed by atoms with E-state index in [1.807, 2.05) is 38.1 Å². The van der Waals surface area contributed by atoms with Crippen LogP contribution in [-0.4, -0.2) is 65.8 Å². The van der Waals surface area contributed by atoms with Crippen LogP contribution in [0.25, 0.3) is 0 Å². The molecule has 0 saturated carbocycles. The molecule has 26 heavy (non-hydrogen) atoms. The minimum atomic E-state index is -2.98. The smallest absolute Gasteiger partial charge is 0.191 e. The molecule has 2 N–H and O–H groups in total. The molecule has 150 valence electrons. The Kier molecular flexibility index (Phi) is 13.5. The highest BCUT2D eigenvalue weighted by Crippen LogP contribution is 2.10. The van der Waals surface area contributed by atoms with Crippen LogP contribution in [-0.2, 0) is 14.6 Å². The predicted octanol–water partition coefficient (Wildman–Crippen LogP) is 1.61. The van der Waals surface area contributed by atoms with Gasteiger partial charge in [-0.15, -0.1) is 24.0 Å². The van der Waals surface area contributed by atoms with Crippen LogP contribution >= 0.6 is 24.0 Å². The van der Waals surface area contributed by atoms with E-state index in [0.29, 0.717) is 32.3 Å². The van der Waals surface area contributed by atoms with Gasteiger partial charge in [-0.1, -0.05) is 17.7 Å². The number of hydrogen-bond donors (Lipinski definition) is 2. The fourth-order valence-electron chi connectivity index (χ4n) is 1.85. The summed E-state index contributed by atoms with van der Waals surface area (Å²) in [5.41, 5.74) is 1.20. The maximum absolute atomic E-state index is 11.0. The summed E-state index contributed by atoms with van der Waals surface area (Å²) in [6.45, 7) is 6.96. The molecular formula is C17H30IN3O4S. The number of guanidine groups is 1. The van der Waals surface area contributed by atoms with E-state index >= 15 is 0 Å². The van der Waals surface area contributed by atoms with Gasteiger partial charge < -0.3 is 20.1 Å². The number of benzene rings is 1. The molecule has 0 aliphatic rings. The lowest BCUT2D eigenvalue weighted by Crippen LogP contribution is -2.39. The van der Waals surface area contributed by atoms with Crippen LogP contribution < -0.4 is 15.4 Å². The van der Waals surface area contributed by atoms with Gasteiger partial charge in [-0.25, -0.2) is 8.42 Å². The third kappa shape index (κ3) is 13.2. The molecule has 0 atom stereocenters. The zero-order chi connectivity index (χ0) is 18.5. The van der Waals surface area contributed by atoms with Crippen molar-refractivity contribution in [3.63, 3.8) is 0 Å². The number of sulfone groups is 1. The summed E-state index contributed by atoms with van der Waals surface area (Å²) >= 11 is 0. The fourth-order valence-corrected chi connectivity index (χ4v) is 2.27. The molecule has 9 heteroatoms. The maximum atomic E-state index is 11.0. The monoisotopic (exact) mass is 499 g/mol. The highest BCUT2D eigenvalue weighted by Gasteiger charge is 2.01.